The van der Waals surface area contributed by atoms with Crippen molar-refractivity contribution in [1.29, 1.82) is 0 Å². The summed E-state index contributed by atoms with van der Waals surface area (Å²) >= 11 is 1.02. The Labute approximate surface area is 147 Å². The van der Waals surface area contributed by atoms with Crippen molar-refractivity contribution in [3.8, 4) is 0 Å². The van der Waals surface area contributed by atoms with Crippen LogP contribution < -0.4 is 0 Å². The molecule has 0 atom stereocenters. The molecule has 1 aliphatic heterocycles. The Kier molecular flexibility index (Phi) is 4.99. The summed E-state index contributed by atoms with van der Waals surface area (Å²) in [6.45, 7) is 8.11. The first kappa shape index (κ1) is 17.1. The van der Waals surface area contributed by atoms with E-state index < -0.39 is 0 Å². The van der Waals surface area contributed by atoms with E-state index in [1.165, 1.54) is 48.4 Å². The molecule has 1 saturated carbocycles. The Morgan fingerprint density at radius 2 is 1.96 bits per heavy atom. The molecule has 0 bridgehead atoms. The van der Waals surface area contributed by atoms with Gasteiger partial charge in [0.2, 0.25) is 0 Å². The highest BCUT2D eigenvalue weighted by Crippen LogP contribution is 2.35. The molecule has 1 aromatic rings. The van der Waals surface area contributed by atoms with Gasteiger partial charge in [0.05, 0.1) is 4.91 Å². The zero-order valence-corrected chi connectivity index (χ0v) is 15.2. The maximum atomic E-state index is 12.4. The average molecular weight is 344 g/mol. The number of amides is 2. The van der Waals surface area contributed by atoms with Crippen LogP contribution in [0.4, 0.5) is 4.79 Å². The fourth-order valence-corrected chi connectivity index (χ4v) is 4.62. The van der Waals surface area contributed by atoms with Crippen LogP contribution in [-0.4, -0.2) is 27.2 Å². The normalized spacial score (nSPS) is 21.1. The monoisotopic (exact) mass is 344 g/mol. The molecule has 3 rings (SSSR count). The molecule has 1 aromatic heterocycles. The van der Waals surface area contributed by atoms with Gasteiger partial charge >= 0.3 is 0 Å². The van der Waals surface area contributed by atoms with Crippen molar-refractivity contribution < 1.29 is 9.59 Å². The number of imide groups is 1. The van der Waals surface area contributed by atoms with Gasteiger partial charge in [-0.1, -0.05) is 25.3 Å². The largest absolute Gasteiger partial charge is 0.346 e. The second-order valence-corrected chi connectivity index (χ2v) is 7.56. The average Bonchev–Trinajstić information content (AvgIpc) is 2.99. The Hall–Kier alpha value is -1.75. The Morgan fingerprint density at radius 3 is 2.62 bits per heavy atom. The second kappa shape index (κ2) is 7.01. The highest BCUT2D eigenvalue weighted by Gasteiger charge is 2.34. The van der Waals surface area contributed by atoms with Gasteiger partial charge in [0.1, 0.15) is 0 Å². The number of aryl methyl sites for hydroxylation is 1. The van der Waals surface area contributed by atoms with Gasteiger partial charge in [-0.2, -0.15) is 0 Å². The summed E-state index contributed by atoms with van der Waals surface area (Å²) < 4.78 is 2.42. The topological polar surface area (TPSA) is 42.3 Å². The fraction of sp³-hybridized carbons (Fsp3) is 0.474. The van der Waals surface area contributed by atoms with E-state index in [-0.39, 0.29) is 17.7 Å². The maximum absolute atomic E-state index is 12.4. The standard InChI is InChI=1S/C19H24N2O2S/c1-4-10-20-18(22)17(24-19(20)23)12-15-11-13(2)21(14(15)3)16-8-6-5-7-9-16/h4,11-12,16H,1,5-10H2,2-3H3/b17-12+. The van der Waals surface area contributed by atoms with Gasteiger partial charge < -0.3 is 4.57 Å². The van der Waals surface area contributed by atoms with Crippen LogP contribution in [0.15, 0.2) is 23.6 Å². The smallest absolute Gasteiger partial charge is 0.293 e. The first-order valence-corrected chi connectivity index (χ1v) is 9.39. The lowest BCUT2D eigenvalue weighted by atomic mass is 9.95. The first-order chi connectivity index (χ1) is 11.5. The van der Waals surface area contributed by atoms with E-state index >= 15 is 0 Å². The van der Waals surface area contributed by atoms with E-state index in [2.05, 4.69) is 31.1 Å². The van der Waals surface area contributed by atoms with Crippen molar-refractivity contribution in [2.24, 2.45) is 0 Å². The van der Waals surface area contributed by atoms with Crippen LogP contribution >= 0.6 is 11.8 Å². The van der Waals surface area contributed by atoms with E-state index in [9.17, 15) is 9.59 Å². The number of hydrogen-bond acceptors (Lipinski definition) is 3. The summed E-state index contributed by atoms with van der Waals surface area (Å²) in [5.41, 5.74) is 3.47. The summed E-state index contributed by atoms with van der Waals surface area (Å²) in [6.07, 6.45) is 9.81. The van der Waals surface area contributed by atoms with Crippen LogP contribution in [0, 0.1) is 13.8 Å². The zero-order valence-electron chi connectivity index (χ0n) is 14.4. The molecule has 0 N–H and O–H groups in total. The van der Waals surface area contributed by atoms with Crippen LogP contribution in [0.25, 0.3) is 6.08 Å². The number of aromatic nitrogens is 1. The van der Waals surface area contributed by atoms with Gasteiger partial charge in [0, 0.05) is 24.0 Å². The van der Waals surface area contributed by atoms with Crippen LogP contribution in [0.3, 0.4) is 0 Å². The summed E-state index contributed by atoms with van der Waals surface area (Å²) in [4.78, 5) is 26.1. The van der Waals surface area contributed by atoms with Gasteiger partial charge in [-0.05, 0) is 56.2 Å². The molecule has 0 spiro atoms. The van der Waals surface area contributed by atoms with Gasteiger partial charge in [-0.3, -0.25) is 14.5 Å². The minimum absolute atomic E-state index is 0.215. The highest BCUT2D eigenvalue weighted by atomic mass is 32.2. The van der Waals surface area contributed by atoms with Gasteiger partial charge in [-0.15, -0.1) is 6.58 Å². The number of nitrogens with zero attached hydrogens (tertiary/aromatic N) is 2. The molecule has 1 aliphatic carbocycles. The van der Waals surface area contributed by atoms with Gasteiger partial charge in [0.25, 0.3) is 11.1 Å². The van der Waals surface area contributed by atoms with Crippen molar-refractivity contribution in [3.05, 3.63) is 40.6 Å². The van der Waals surface area contributed by atoms with E-state index in [0.717, 1.165) is 17.3 Å². The van der Waals surface area contributed by atoms with Gasteiger partial charge in [0.15, 0.2) is 0 Å². The van der Waals surface area contributed by atoms with Crippen molar-refractivity contribution in [1.82, 2.24) is 9.47 Å². The van der Waals surface area contributed by atoms with Crippen LogP contribution in [0.2, 0.25) is 0 Å². The third kappa shape index (κ3) is 3.09. The van der Waals surface area contributed by atoms with Crippen LogP contribution in [0.1, 0.15) is 55.1 Å². The van der Waals surface area contributed by atoms with E-state index in [4.69, 9.17) is 0 Å². The van der Waals surface area contributed by atoms with E-state index in [1.807, 2.05) is 6.08 Å². The number of carbonyl (C=O) groups excluding carboxylic acids is 2. The van der Waals surface area contributed by atoms with Crippen molar-refractivity contribution in [2.45, 2.75) is 52.0 Å². The summed E-state index contributed by atoms with van der Waals surface area (Å²) in [5.74, 6) is -0.215. The minimum atomic E-state index is -0.216. The molecule has 2 amide bonds. The summed E-state index contributed by atoms with van der Waals surface area (Å²) in [5, 5.41) is -0.216. The number of rotatable bonds is 4. The SMILES string of the molecule is C=CCN1C(=O)S/C(=C/c2cc(C)n(C3CCCCC3)c2C)C1=O. The Bertz CT molecular complexity index is 711. The summed E-state index contributed by atoms with van der Waals surface area (Å²) in [6, 6.07) is 2.70. The quantitative estimate of drug-likeness (QED) is 0.580. The van der Waals surface area contributed by atoms with E-state index in [0.29, 0.717) is 10.9 Å². The van der Waals surface area contributed by atoms with Gasteiger partial charge in [-0.25, -0.2) is 0 Å². The van der Waals surface area contributed by atoms with Crippen molar-refractivity contribution in [3.63, 3.8) is 0 Å². The molecule has 2 aliphatic rings. The third-order valence-corrected chi connectivity index (χ3v) is 5.84. The predicted molar refractivity (Wildman–Crippen MR) is 98.9 cm³/mol. The van der Waals surface area contributed by atoms with Crippen molar-refractivity contribution >= 4 is 29.0 Å². The lowest BCUT2D eigenvalue weighted by Crippen LogP contribution is -2.27. The molecule has 2 fully saturated rings. The zero-order chi connectivity index (χ0) is 17.3. The molecule has 128 valence electrons. The highest BCUT2D eigenvalue weighted by molar-refractivity contribution is 8.18. The maximum Gasteiger partial charge on any atom is 0.293 e. The molecule has 24 heavy (non-hydrogen) atoms. The second-order valence-electron chi connectivity index (χ2n) is 6.57. The molecule has 5 heteroatoms. The minimum Gasteiger partial charge on any atom is -0.346 e. The first-order valence-electron chi connectivity index (χ1n) is 8.57. The number of hydrogen-bond donors (Lipinski definition) is 0. The van der Waals surface area contributed by atoms with Crippen LogP contribution in [0.5, 0.6) is 0 Å². The van der Waals surface area contributed by atoms with E-state index in [1.54, 1.807) is 6.08 Å². The lowest BCUT2D eigenvalue weighted by molar-refractivity contribution is -0.122. The molecule has 0 aromatic carbocycles. The molecular weight excluding hydrogens is 320 g/mol. The van der Waals surface area contributed by atoms with Crippen LogP contribution in [-0.2, 0) is 4.79 Å². The third-order valence-electron chi connectivity index (χ3n) is 4.94. The number of thioether (sulfide) groups is 1. The molecular formula is C19H24N2O2S. The summed E-state index contributed by atoms with van der Waals surface area (Å²) in [7, 11) is 0. The Morgan fingerprint density at radius 1 is 1.25 bits per heavy atom. The Balaban J connectivity index is 1.89. The lowest BCUT2D eigenvalue weighted by Gasteiger charge is -2.26. The molecule has 0 unspecified atom stereocenters. The molecule has 1 saturated heterocycles. The predicted octanol–water partition coefficient (Wildman–Crippen LogP) is 4.83. The molecule has 0 radical (unpaired) electrons. The molecule has 4 nitrogen and oxygen atoms in total. The fourth-order valence-electron chi connectivity index (χ4n) is 3.78. The molecule has 2 heterocycles. The number of carbonyl (C=O) groups is 2. The van der Waals surface area contributed by atoms with Crippen molar-refractivity contribution in [2.75, 3.05) is 6.54 Å².